The van der Waals surface area contributed by atoms with E-state index in [0.29, 0.717) is 0 Å². The second-order valence-electron chi connectivity index (χ2n) is 4.63. The highest BCUT2D eigenvalue weighted by Crippen LogP contribution is 2.52. The molecule has 0 aromatic heterocycles. The lowest BCUT2D eigenvalue weighted by atomic mass is 10.1. The first-order valence-electron chi connectivity index (χ1n) is 4.75. The van der Waals surface area contributed by atoms with Crippen LogP contribution in [0.4, 0.5) is 0 Å². The van der Waals surface area contributed by atoms with Gasteiger partial charge in [-0.05, 0) is 40.5 Å². The average Bonchev–Trinajstić information content (AvgIpc) is 2.03. The van der Waals surface area contributed by atoms with E-state index in [9.17, 15) is 4.57 Å². The van der Waals surface area contributed by atoms with Crippen LogP contribution >= 0.6 is 7.80 Å². The molecule has 0 saturated heterocycles. The third-order valence-electron chi connectivity index (χ3n) is 2.83. The topological polar surface area (TPSA) is 17.1 Å². The van der Waals surface area contributed by atoms with Crippen LogP contribution in [-0.4, -0.2) is 10.3 Å². The van der Waals surface area contributed by atoms with E-state index >= 15 is 0 Å². The normalized spacial score (nSPS) is 13.2. The molecule has 0 amide bonds. The van der Waals surface area contributed by atoms with Gasteiger partial charge in [0.15, 0.2) is 10.3 Å². The molecule has 72 valence electrons. The third kappa shape index (κ3) is 2.55. The van der Waals surface area contributed by atoms with Gasteiger partial charge in [-0.25, -0.2) is 0 Å². The van der Waals surface area contributed by atoms with E-state index in [0.717, 1.165) is 12.8 Å². The van der Waals surface area contributed by atoms with E-state index in [1.807, 2.05) is 0 Å². The van der Waals surface area contributed by atoms with Gasteiger partial charge in [0, 0.05) is 0 Å². The maximum absolute atomic E-state index is 12.1. The highest BCUT2D eigenvalue weighted by atomic mass is 31.1. The molecule has 0 unspecified atom stereocenters. The van der Waals surface area contributed by atoms with Crippen molar-refractivity contribution in [3.8, 4) is 0 Å². The molecular weight excluding hydrogens is 167 g/mol. The molecule has 0 aromatic carbocycles. The Morgan fingerprint density at radius 2 is 1.17 bits per heavy atom. The molecule has 0 aliphatic rings. The fraction of sp³-hybridized carbons (Fsp3) is 1.00. The largest absolute Gasteiger partial charge is 0.350 e. The number of hydrogen-bond donors (Lipinski definition) is 0. The lowest BCUT2D eigenvalue weighted by molar-refractivity contribution is 0.508. The van der Waals surface area contributed by atoms with Gasteiger partial charge < -0.3 is 0 Å². The fourth-order valence-electron chi connectivity index (χ4n) is 1.11. The molecule has 0 atom stereocenters. The molecule has 0 radical (unpaired) electrons. The van der Waals surface area contributed by atoms with E-state index in [1.165, 1.54) is 0 Å². The van der Waals surface area contributed by atoms with E-state index in [1.54, 1.807) is 0 Å². The van der Waals surface area contributed by atoms with Gasteiger partial charge in [-0.1, -0.05) is 18.4 Å². The molecular formula is C10H22OP+. The van der Waals surface area contributed by atoms with E-state index < -0.39 is 7.80 Å². The van der Waals surface area contributed by atoms with Gasteiger partial charge in [0.05, 0.1) is 0 Å². The number of hydrogen-bond acceptors (Lipinski definition) is 1. The van der Waals surface area contributed by atoms with Crippen molar-refractivity contribution in [2.75, 3.05) is 0 Å². The van der Waals surface area contributed by atoms with E-state index in [4.69, 9.17) is 0 Å². The van der Waals surface area contributed by atoms with Crippen LogP contribution in [0.3, 0.4) is 0 Å². The molecule has 0 heterocycles. The van der Waals surface area contributed by atoms with Crippen molar-refractivity contribution >= 4 is 7.80 Å². The Hall–Kier alpha value is 0.100. The summed E-state index contributed by atoms with van der Waals surface area (Å²) in [4.78, 5) is 0. The predicted octanol–water partition coefficient (Wildman–Crippen LogP) is 4.19. The second-order valence-corrected chi connectivity index (χ2v) is 7.64. The van der Waals surface area contributed by atoms with Gasteiger partial charge in [0.25, 0.3) is 0 Å². The van der Waals surface area contributed by atoms with Crippen LogP contribution in [0.2, 0.25) is 0 Å². The second kappa shape index (κ2) is 3.87. The van der Waals surface area contributed by atoms with Gasteiger partial charge in [-0.15, -0.1) is 0 Å². The standard InChI is InChI=1S/C10H22OP/c1-7-9(3,4)12(11)10(5,6)8-2/h7-8H2,1-6H3/q+1. The zero-order chi connectivity index (χ0) is 9.99. The molecule has 0 aliphatic carbocycles. The molecule has 0 bridgehead atoms. The van der Waals surface area contributed by atoms with Crippen LogP contribution in [0, 0.1) is 0 Å². The Morgan fingerprint density at radius 3 is 1.33 bits per heavy atom. The summed E-state index contributed by atoms with van der Waals surface area (Å²) in [5.41, 5.74) is 0. The maximum atomic E-state index is 12.1. The molecule has 1 nitrogen and oxygen atoms in total. The Balaban J connectivity index is 4.60. The van der Waals surface area contributed by atoms with Crippen LogP contribution < -0.4 is 0 Å². The first kappa shape index (κ1) is 12.1. The van der Waals surface area contributed by atoms with Crippen LogP contribution in [0.1, 0.15) is 54.4 Å². The van der Waals surface area contributed by atoms with Crippen LogP contribution in [0.5, 0.6) is 0 Å². The Morgan fingerprint density at radius 1 is 0.917 bits per heavy atom. The van der Waals surface area contributed by atoms with Crippen LogP contribution in [0.15, 0.2) is 0 Å². The smallest absolute Gasteiger partial charge is 0.0736 e. The summed E-state index contributed by atoms with van der Waals surface area (Å²) in [6, 6.07) is 0. The number of rotatable bonds is 4. The molecule has 2 heteroatoms. The molecule has 0 spiro atoms. The summed E-state index contributed by atoms with van der Waals surface area (Å²) in [7, 11) is -1.12. The van der Waals surface area contributed by atoms with E-state index in [2.05, 4.69) is 41.5 Å². The lowest BCUT2D eigenvalue weighted by Gasteiger charge is -2.20. The molecule has 0 aromatic rings. The highest BCUT2D eigenvalue weighted by Gasteiger charge is 2.48. The van der Waals surface area contributed by atoms with Crippen molar-refractivity contribution in [1.29, 1.82) is 0 Å². The third-order valence-corrected chi connectivity index (χ3v) is 5.66. The van der Waals surface area contributed by atoms with Gasteiger partial charge in [-0.2, -0.15) is 0 Å². The predicted molar refractivity (Wildman–Crippen MR) is 56.3 cm³/mol. The molecule has 0 aliphatic heterocycles. The van der Waals surface area contributed by atoms with Crippen LogP contribution in [0.25, 0.3) is 0 Å². The van der Waals surface area contributed by atoms with Crippen molar-refractivity contribution < 1.29 is 4.57 Å². The molecule has 0 saturated carbocycles. The summed E-state index contributed by atoms with van der Waals surface area (Å²) in [5.74, 6) is 0. The summed E-state index contributed by atoms with van der Waals surface area (Å²) in [6.45, 7) is 12.6. The molecule has 0 fully saturated rings. The van der Waals surface area contributed by atoms with Crippen molar-refractivity contribution in [3.05, 3.63) is 0 Å². The van der Waals surface area contributed by atoms with Crippen molar-refractivity contribution in [2.45, 2.75) is 64.7 Å². The summed E-state index contributed by atoms with van der Waals surface area (Å²) in [5, 5.41) is -0.0102. The first-order valence-corrected chi connectivity index (χ1v) is 6.01. The quantitative estimate of drug-likeness (QED) is 0.606. The molecule has 0 rings (SSSR count). The summed E-state index contributed by atoms with van der Waals surface area (Å²) < 4.78 is 12.1. The Bertz CT molecular complexity index is 153. The molecule has 12 heavy (non-hydrogen) atoms. The first-order chi connectivity index (χ1) is 5.28. The van der Waals surface area contributed by atoms with Gasteiger partial charge in [-0.3, -0.25) is 0 Å². The van der Waals surface area contributed by atoms with Crippen molar-refractivity contribution in [3.63, 3.8) is 0 Å². The van der Waals surface area contributed by atoms with Crippen molar-refractivity contribution in [2.24, 2.45) is 0 Å². The average molecular weight is 189 g/mol. The summed E-state index contributed by atoms with van der Waals surface area (Å²) >= 11 is 0. The van der Waals surface area contributed by atoms with Gasteiger partial charge in [0.1, 0.15) is 0 Å². The van der Waals surface area contributed by atoms with Gasteiger partial charge >= 0.3 is 7.80 Å². The zero-order valence-corrected chi connectivity index (χ0v) is 10.2. The van der Waals surface area contributed by atoms with E-state index in [-0.39, 0.29) is 10.3 Å². The molecule has 0 N–H and O–H groups in total. The SMILES string of the molecule is CCC(C)(C)[P+](=O)C(C)(C)CC. The maximum Gasteiger partial charge on any atom is 0.350 e. The monoisotopic (exact) mass is 189 g/mol. The lowest BCUT2D eigenvalue weighted by Crippen LogP contribution is -2.24. The summed E-state index contributed by atoms with van der Waals surface area (Å²) in [6.07, 6.45) is 1.98. The fourth-order valence-corrected chi connectivity index (χ4v) is 3.32. The van der Waals surface area contributed by atoms with Crippen LogP contribution in [-0.2, 0) is 4.57 Å². The Kier molecular flexibility index (Phi) is 3.90. The minimum Gasteiger partial charge on any atom is -0.0736 e. The minimum absolute atomic E-state index is 0.00512. The van der Waals surface area contributed by atoms with Gasteiger partial charge in [0.2, 0.25) is 0 Å². The highest BCUT2D eigenvalue weighted by molar-refractivity contribution is 7.48. The minimum atomic E-state index is -1.12. The Labute approximate surface area is 77.7 Å². The van der Waals surface area contributed by atoms with Crippen molar-refractivity contribution in [1.82, 2.24) is 0 Å². The zero-order valence-electron chi connectivity index (χ0n) is 9.27.